The normalized spacial score (nSPS) is 15.8. The predicted molar refractivity (Wildman–Crippen MR) is 81.4 cm³/mol. The van der Waals surface area contributed by atoms with Crippen molar-refractivity contribution in [1.82, 2.24) is 5.32 Å². The number of rotatable bonds is 2. The van der Waals surface area contributed by atoms with Gasteiger partial charge in [0.15, 0.2) is 0 Å². The SMILES string of the molecule is CC(C)(C)OC(=O)Nc1cccc(N2CCNCC2)c1. The average Bonchev–Trinajstić information content (AvgIpc) is 2.38. The van der Waals surface area contributed by atoms with Crippen molar-refractivity contribution in [2.24, 2.45) is 0 Å². The van der Waals surface area contributed by atoms with E-state index < -0.39 is 11.7 Å². The summed E-state index contributed by atoms with van der Waals surface area (Å²) in [6.45, 7) is 9.50. The monoisotopic (exact) mass is 277 g/mol. The van der Waals surface area contributed by atoms with Crippen molar-refractivity contribution in [2.45, 2.75) is 26.4 Å². The molecule has 0 bridgehead atoms. The molecule has 1 heterocycles. The zero-order valence-corrected chi connectivity index (χ0v) is 12.4. The van der Waals surface area contributed by atoms with Gasteiger partial charge in [-0.15, -0.1) is 0 Å². The van der Waals surface area contributed by atoms with Crippen LogP contribution in [0.2, 0.25) is 0 Å². The van der Waals surface area contributed by atoms with E-state index in [0.29, 0.717) is 0 Å². The highest BCUT2D eigenvalue weighted by molar-refractivity contribution is 5.85. The molecule has 5 heteroatoms. The van der Waals surface area contributed by atoms with Gasteiger partial charge >= 0.3 is 6.09 Å². The molecule has 0 atom stereocenters. The van der Waals surface area contributed by atoms with Crippen LogP contribution in [0.5, 0.6) is 0 Å². The largest absolute Gasteiger partial charge is 0.444 e. The number of carbonyl (C=O) groups excluding carboxylic acids is 1. The van der Waals surface area contributed by atoms with Crippen LogP contribution in [0.4, 0.5) is 16.2 Å². The lowest BCUT2D eigenvalue weighted by Crippen LogP contribution is -2.43. The first-order chi connectivity index (χ1) is 9.44. The second-order valence-electron chi connectivity index (χ2n) is 5.91. The molecule has 1 aromatic carbocycles. The van der Waals surface area contributed by atoms with Gasteiger partial charge in [0.1, 0.15) is 5.60 Å². The summed E-state index contributed by atoms with van der Waals surface area (Å²) in [5.74, 6) is 0. The Kier molecular flexibility index (Phi) is 4.49. The molecule has 0 aliphatic carbocycles. The molecule has 1 aliphatic rings. The number of benzene rings is 1. The van der Waals surface area contributed by atoms with Crippen LogP contribution in [0.1, 0.15) is 20.8 Å². The molecule has 1 fully saturated rings. The molecule has 1 aliphatic heterocycles. The van der Waals surface area contributed by atoms with Crippen molar-refractivity contribution < 1.29 is 9.53 Å². The van der Waals surface area contributed by atoms with Crippen LogP contribution in [0, 0.1) is 0 Å². The molecule has 0 unspecified atom stereocenters. The summed E-state index contributed by atoms with van der Waals surface area (Å²) in [6.07, 6.45) is -0.421. The van der Waals surface area contributed by atoms with Gasteiger partial charge in [0.25, 0.3) is 0 Å². The van der Waals surface area contributed by atoms with Crippen LogP contribution in [0.15, 0.2) is 24.3 Å². The summed E-state index contributed by atoms with van der Waals surface area (Å²) >= 11 is 0. The number of nitrogens with one attached hydrogen (secondary N) is 2. The lowest BCUT2D eigenvalue weighted by Gasteiger charge is -2.29. The number of hydrogen-bond acceptors (Lipinski definition) is 4. The van der Waals surface area contributed by atoms with Crippen molar-refractivity contribution in [3.63, 3.8) is 0 Å². The van der Waals surface area contributed by atoms with E-state index in [-0.39, 0.29) is 0 Å². The number of piperazine rings is 1. The fourth-order valence-corrected chi connectivity index (χ4v) is 2.12. The number of nitrogens with zero attached hydrogens (tertiary/aromatic N) is 1. The highest BCUT2D eigenvalue weighted by Gasteiger charge is 2.16. The summed E-state index contributed by atoms with van der Waals surface area (Å²) in [7, 11) is 0. The Labute approximate surface area is 120 Å². The zero-order chi connectivity index (χ0) is 14.6. The Bertz CT molecular complexity index is 462. The van der Waals surface area contributed by atoms with E-state index in [9.17, 15) is 4.79 Å². The topological polar surface area (TPSA) is 53.6 Å². The second kappa shape index (κ2) is 6.13. The van der Waals surface area contributed by atoms with Gasteiger partial charge in [-0.25, -0.2) is 4.79 Å². The van der Waals surface area contributed by atoms with Gasteiger partial charge in [0.2, 0.25) is 0 Å². The number of carbonyl (C=O) groups is 1. The zero-order valence-electron chi connectivity index (χ0n) is 12.4. The van der Waals surface area contributed by atoms with Gasteiger partial charge in [-0.05, 0) is 39.0 Å². The molecule has 20 heavy (non-hydrogen) atoms. The van der Waals surface area contributed by atoms with Crippen LogP contribution in [-0.4, -0.2) is 37.9 Å². The van der Waals surface area contributed by atoms with Crippen LogP contribution < -0.4 is 15.5 Å². The highest BCUT2D eigenvalue weighted by atomic mass is 16.6. The highest BCUT2D eigenvalue weighted by Crippen LogP contribution is 2.20. The molecule has 5 nitrogen and oxygen atoms in total. The fraction of sp³-hybridized carbons (Fsp3) is 0.533. The van der Waals surface area contributed by atoms with Gasteiger partial charge in [-0.2, -0.15) is 0 Å². The summed E-state index contributed by atoms with van der Waals surface area (Å²) in [5, 5.41) is 6.10. The van der Waals surface area contributed by atoms with Crippen LogP contribution in [0.25, 0.3) is 0 Å². The van der Waals surface area contributed by atoms with E-state index in [4.69, 9.17) is 4.74 Å². The second-order valence-corrected chi connectivity index (χ2v) is 5.91. The third-order valence-corrected chi connectivity index (χ3v) is 2.97. The van der Waals surface area contributed by atoms with E-state index in [2.05, 4.69) is 21.6 Å². The molecular formula is C15H23N3O2. The molecule has 1 saturated heterocycles. The average molecular weight is 277 g/mol. The molecular weight excluding hydrogens is 254 g/mol. The summed E-state index contributed by atoms with van der Waals surface area (Å²) in [5.41, 5.74) is 1.40. The third kappa shape index (κ3) is 4.42. The van der Waals surface area contributed by atoms with Crippen molar-refractivity contribution in [3.8, 4) is 0 Å². The van der Waals surface area contributed by atoms with E-state index in [1.165, 1.54) is 0 Å². The lowest BCUT2D eigenvalue weighted by molar-refractivity contribution is 0.0636. The maximum Gasteiger partial charge on any atom is 0.412 e. The molecule has 1 amide bonds. The van der Waals surface area contributed by atoms with E-state index in [1.54, 1.807) is 0 Å². The van der Waals surface area contributed by atoms with Crippen LogP contribution in [-0.2, 0) is 4.74 Å². The van der Waals surface area contributed by atoms with Gasteiger partial charge < -0.3 is 15.0 Å². The number of hydrogen-bond donors (Lipinski definition) is 2. The molecule has 0 radical (unpaired) electrons. The van der Waals surface area contributed by atoms with Crippen molar-refractivity contribution >= 4 is 17.5 Å². The summed E-state index contributed by atoms with van der Waals surface area (Å²) in [6, 6.07) is 7.86. The van der Waals surface area contributed by atoms with Crippen molar-refractivity contribution in [2.75, 3.05) is 36.4 Å². The minimum atomic E-state index is -0.486. The minimum absolute atomic E-state index is 0.421. The standard InChI is InChI=1S/C15H23N3O2/c1-15(2,3)20-14(19)17-12-5-4-6-13(11-12)18-9-7-16-8-10-18/h4-6,11,16H,7-10H2,1-3H3,(H,17,19). The first kappa shape index (κ1) is 14.7. The minimum Gasteiger partial charge on any atom is -0.444 e. The maximum atomic E-state index is 11.8. The molecule has 0 aromatic heterocycles. The molecule has 2 rings (SSSR count). The Morgan fingerprint density at radius 2 is 2.00 bits per heavy atom. The third-order valence-electron chi connectivity index (χ3n) is 2.97. The first-order valence-corrected chi connectivity index (χ1v) is 7.00. The smallest absolute Gasteiger partial charge is 0.412 e. The Morgan fingerprint density at radius 1 is 1.30 bits per heavy atom. The summed E-state index contributed by atoms with van der Waals surface area (Å²) in [4.78, 5) is 14.1. The number of amides is 1. The van der Waals surface area contributed by atoms with Gasteiger partial charge in [-0.3, -0.25) is 5.32 Å². The Hall–Kier alpha value is -1.75. The van der Waals surface area contributed by atoms with E-state index in [0.717, 1.165) is 37.6 Å². The molecule has 2 N–H and O–H groups in total. The number of anilines is 2. The predicted octanol–water partition coefficient (Wildman–Crippen LogP) is 2.44. The maximum absolute atomic E-state index is 11.8. The number of ether oxygens (including phenoxy) is 1. The quantitative estimate of drug-likeness (QED) is 0.872. The lowest BCUT2D eigenvalue weighted by atomic mass is 10.2. The van der Waals surface area contributed by atoms with E-state index >= 15 is 0 Å². The van der Waals surface area contributed by atoms with Crippen LogP contribution >= 0.6 is 0 Å². The Balaban J connectivity index is 2.00. The van der Waals surface area contributed by atoms with Gasteiger partial charge in [0, 0.05) is 37.6 Å². The Morgan fingerprint density at radius 3 is 2.65 bits per heavy atom. The molecule has 0 spiro atoms. The summed E-state index contributed by atoms with van der Waals surface area (Å²) < 4.78 is 5.25. The van der Waals surface area contributed by atoms with Gasteiger partial charge in [0.05, 0.1) is 0 Å². The van der Waals surface area contributed by atoms with E-state index in [1.807, 2.05) is 39.0 Å². The van der Waals surface area contributed by atoms with Crippen molar-refractivity contribution in [1.29, 1.82) is 0 Å². The first-order valence-electron chi connectivity index (χ1n) is 7.00. The molecule has 110 valence electrons. The molecule has 1 aromatic rings. The van der Waals surface area contributed by atoms with Crippen LogP contribution in [0.3, 0.4) is 0 Å². The fourth-order valence-electron chi connectivity index (χ4n) is 2.12. The van der Waals surface area contributed by atoms with Crippen molar-refractivity contribution in [3.05, 3.63) is 24.3 Å². The molecule has 0 saturated carbocycles. The van der Waals surface area contributed by atoms with Gasteiger partial charge in [-0.1, -0.05) is 6.07 Å².